The number of thioether (sulfide) groups is 1. The lowest BCUT2D eigenvalue weighted by Crippen LogP contribution is -2.36. The average Bonchev–Trinajstić information content (AvgIpc) is 2.49. The Labute approximate surface area is 136 Å². The highest BCUT2D eigenvalue weighted by Gasteiger charge is 2.15. The van der Waals surface area contributed by atoms with Gasteiger partial charge in [-0.25, -0.2) is 0 Å². The standard InChI is InChI=1S/C16H25N3O2S/c1-4-6-15(20)18-13-7-5-8-14(11(13)2)19-16(21)12(17)9-10-22-3/h5,7-8,12H,4,6,9-10,17H2,1-3H3,(H,18,20)(H,19,21)/t12-/m0/s1. The van der Waals surface area contributed by atoms with Gasteiger partial charge in [-0.15, -0.1) is 0 Å². The molecule has 1 aromatic rings. The molecule has 1 atom stereocenters. The number of carbonyl (C=O) groups excluding carboxylic acids is 2. The van der Waals surface area contributed by atoms with Crippen molar-refractivity contribution in [3.05, 3.63) is 23.8 Å². The molecule has 0 unspecified atom stereocenters. The van der Waals surface area contributed by atoms with E-state index in [4.69, 9.17) is 5.73 Å². The Kier molecular flexibility index (Phi) is 7.98. The van der Waals surface area contributed by atoms with Gasteiger partial charge in [0.2, 0.25) is 11.8 Å². The molecule has 0 spiro atoms. The molecule has 5 nitrogen and oxygen atoms in total. The molecular weight excluding hydrogens is 298 g/mol. The number of benzene rings is 1. The summed E-state index contributed by atoms with van der Waals surface area (Å²) in [4.78, 5) is 23.8. The summed E-state index contributed by atoms with van der Waals surface area (Å²) in [6, 6.07) is 4.92. The maximum atomic E-state index is 12.1. The molecule has 1 aromatic carbocycles. The van der Waals surface area contributed by atoms with Crippen LogP contribution < -0.4 is 16.4 Å². The van der Waals surface area contributed by atoms with Gasteiger partial charge in [0.15, 0.2) is 0 Å². The Balaban J connectivity index is 2.75. The topological polar surface area (TPSA) is 84.2 Å². The van der Waals surface area contributed by atoms with Gasteiger partial charge in [-0.1, -0.05) is 13.0 Å². The summed E-state index contributed by atoms with van der Waals surface area (Å²) in [5, 5.41) is 5.70. The largest absolute Gasteiger partial charge is 0.326 e. The zero-order chi connectivity index (χ0) is 16.5. The molecule has 0 aliphatic rings. The molecule has 0 aromatic heterocycles. The predicted octanol–water partition coefficient (Wildman–Crippen LogP) is 2.75. The highest BCUT2D eigenvalue weighted by Crippen LogP contribution is 2.23. The molecule has 0 heterocycles. The van der Waals surface area contributed by atoms with Crippen molar-refractivity contribution in [2.45, 2.75) is 39.2 Å². The van der Waals surface area contributed by atoms with Gasteiger partial charge in [-0.3, -0.25) is 9.59 Å². The van der Waals surface area contributed by atoms with E-state index in [0.29, 0.717) is 24.2 Å². The molecule has 0 saturated heterocycles. The first-order chi connectivity index (χ1) is 10.5. The minimum absolute atomic E-state index is 0.0225. The SMILES string of the molecule is CCCC(=O)Nc1cccc(NC(=O)[C@@H](N)CCSC)c1C. The van der Waals surface area contributed by atoms with Crippen molar-refractivity contribution >= 4 is 35.0 Å². The summed E-state index contributed by atoms with van der Waals surface area (Å²) in [6.07, 6.45) is 3.90. The number of nitrogens with two attached hydrogens (primary N) is 1. The zero-order valence-corrected chi connectivity index (χ0v) is 14.3. The summed E-state index contributed by atoms with van der Waals surface area (Å²) in [5.74, 6) is 0.626. The molecule has 0 fully saturated rings. The van der Waals surface area contributed by atoms with Gasteiger partial charge in [0.1, 0.15) is 0 Å². The van der Waals surface area contributed by atoms with Crippen molar-refractivity contribution in [1.29, 1.82) is 0 Å². The number of rotatable bonds is 8. The molecule has 0 aliphatic heterocycles. The number of hydrogen-bond donors (Lipinski definition) is 3. The number of carbonyl (C=O) groups is 2. The van der Waals surface area contributed by atoms with E-state index in [1.165, 1.54) is 0 Å². The first kappa shape index (κ1) is 18.5. The second-order valence-corrected chi connectivity index (χ2v) is 6.14. The van der Waals surface area contributed by atoms with Crippen molar-refractivity contribution in [1.82, 2.24) is 0 Å². The van der Waals surface area contributed by atoms with E-state index < -0.39 is 6.04 Å². The van der Waals surface area contributed by atoms with Crippen molar-refractivity contribution in [2.75, 3.05) is 22.6 Å². The molecule has 0 radical (unpaired) electrons. The summed E-state index contributed by atoms with van der Waals surface area (Å²) >= 11 is 1.66. The molecule has 1 rings (SSSR count). The maximum absolute atomic E-state index is 12.1. The van der Waals surface area contributed by atoms with Gasteiger partial charge in [0.05, 0.1) is 6.04 Å². The van der Waals surface area contributed by atoms with Crippen molar-refractivity contribution in [2.24, 2.45) is 5.73 Å². The second kappa shape index (κ2) is 9.48. The van der Waals surface area contributed by atoms with E-state index in [1.54, 1.807) is 17.8 Å². The summed E-state index contributed by atoms with van der Waals surface area (Å²) < 4.78 is 0. The van der Waals surface area contributed by atoms with Gasteiger partial charge in [0.25, 0.3) is 0 Å². The Bertz CT molecular complexity index is 520. The van der Waals surface area contributed by atoms with Crippen LogP contribution in [0.25, 0.3) is 0 Å². The lowest BCUT2D eigenvalue weighted by atomic mass is 10.1. The molecular formula is C16H25N3O2S. The second-order valence-electron chi connectivity index (χ2n) is 5.15. The van der Waals surface area contributed by atoms with Gasteiger partial charge in [-0.2, -0.15) is 11.8 Å². The van der Waals surface area contributed by atoms with Crippen LogP contribution in [0.4, 0.5) is 11.4 Å². The van der Waals surface area contributed by atoms with Crippen LogP contribution in [0.15, 0.2) is 18.2 Å². The van der Waals surface area contributed by atoms with Crippen molar-refractivity contribution in [3.8, 4) is 0 Å². The molecule has 6 heteroatoms. The summed E-state index contributed by atoms with van der Waals surface area (Å²) in [7, 11) is 0. The quantitative estimate of drug-likeness (QED) is 0.687. The monoisotopic (exact) mass is 323 g/mol. The fourth-order valence-corrected chi connectivity index (χ4v) is 2.44. The third-order valence-electron chi connectivity index (χ3n) is 3.31. The molecule has 0 saturated carbocycles. The van der Waals surface area contributed by atoms with Gasteiger partial charge in [-0.05, 0) is 49.5 Å². The predicted molar refractivity (Wildman–Crippen MR) is 94.3 cm³/mol. The molecule has 122 valence electrons. The number of hydrogen-bond acceptors (Lipinski definition) is 4. The molecule has 0 aliphatic carbocycles. The van der Waals surface area contributed by atoms with Crippen LogP contribution >= 0.6 is 11.8 Å². The third kappa shape index (κ3) is 5.69. The summed E-state index contributed by atoms with van der Waals surface area (Å²) in [5.41, 5.74) is 8.09. The fraction of sp³-hybridized carbons (Fsp3) is 0.500. The van der Waals surface area contributed by atoms with Crippen molar-refractivity contribution in [3.63, 3.8) is 0 Å². The van der Waals surface area contributed by atoms with Gasteiger partial charge >= 0.3 is 0 Å². The Hall–Kier alpha value is -1.53. The number of anilines is 2. The lowest BCUT2D eigenvalue weighted by Gasteiger charge is -2.16. The Morgan fingerprint density at radius 2 is 1.91 bits per heavy atom. The number of amides is 2. The minimum atomic E-state index is -0.523. The van der Waals surface area contributed by atoms with Crippen LogP contribution in [0.5, 0.6) is 0 Å². The molecule has 4 N–H and O–H groups in total. The summed E-state index contributed by atoms with van der Waals surface area (Å²) in [6.45, 7) is 3.82. The first-order valence-electron chi connectivity index (χ1n) is 7.44. The van der Waals surface area contributed by atoms with Crippen LogP contribution in [-0.4, -0.2) is 29.9 Å². The Morgan fingerprint density at radius 1 is 1.27 bits per heavy atom. The van der Waals surface area contributed by atoms with Crippen LogP contribution in [0.1, 0.15) is 31.7 Å². The van der Waals surface area contributed by atoms with E-state index in [2.05, 4.69) is 10.6 Å². The first-order valence-corrected chi connectivity index (χ1v) is 8.83. The fourth-order valence-electron chi connectivity index (χ4n) is 1.95. The molecule has 22 heavy (non-hydrogen) atoms. The average molecular weight is 323 g/mol. The highest BCUT2D eigenvalue weighted by molar-refractivity contribution is 7.98. The van der Waals surface area contributed by atoms with Crippen LogP contribution in [-0.2, 0) is 9.59 Å². The Morgan fingerprint density at radius 3 is 2.50 bits per heavy atom. The minimum Gasteiger partial charge on any atom is -0.326 e. The third-order valence-corrected chi connectivity index (χ3v) is 3.96. The van der Waals surface area contributed by atoms with Crippen LogP contribution in [0.2, 0.25) is 0 Å². The zero-order valence-electron chi connectivity index (χ0n) is 13.4. The van der Waals surface area contributed by atoms with Crippen LogP contribution in [0, 0.1) is 6.92 Å². The molecule has 2 amide bonds. The van der Waals surface area contributed by atoms with Gasteiger partial charge < -0.3 is 16.4 Å². The van der Waals surface area contributed by atoms with E-state index in [9.17, 15) is 9.59 Å². The van der Waals surface area contributed by atoms with Gasteiger partial charge in [0, 0.05) is 17.8 Å². The smallest absolute Gasteiger partial charge is 0.241 e. The molecule has 0 bridgehead atoms. The highest BCUT2D eigenvalue weighted by atomic mass is 32.2. The number of nitrogens with one attached hydrogen (secondary N) is 2. The van der Waals surface area contributed by atoms with E-state index in [1.807, 2.05) is 32.2 Å². The lowest BCUT2D eigenvalue weighted by molar-refractivity contribution is -0.117. The maximum Gasteiger partial charge on any atom is 0.241 e. The van der Waals surface area contributed by atoms with E-state index in [0.717, 1.165) is 17.7 Å². The normalized spacial score (nSPS) is 11.8. The van der Waals surface area contributed by atoms with Crippen molar-refractivity contribution < 1.29 is 9.59 Å². The van der Waals surface area contributed by atoms with E-state index >= 15 is 0 Å². The van der Waals surface area contributed by atoms with Crippen LogP contribution in [0.3, 0.4) is 0 Å². The van der Waals surface area contributed by atoms with E-state index in [-0.39, 0.29) is 11.8 Å².